The first-order valence-corrected chi connectivity index (χ1v) is 13.0. The second kappa shape index (κ2) is 12.0. The highest BCUT2D eigenvalue weighted by molar-refractivity contribution is 7.99. The molecule has 1 fully saturated rings. The summed E-state index contributed by atoms with van der Waals surface area (Å²) < 4.78 is 88.8. The fraction of sp³-hybridized carbons (Fsp3) is 0.407. The molecule has 13 heteroatoms. The normalized spacial score (nSPS) is 15.4. The minimum atomic E-state index is -5.39. The van der Waals surface area contributed by atoms with Gasteiger partial charge in [-0.3, -0.25) is 0 Å². The number of aliphatic carboxylic acids is 1. The summed E-state index contributed by atoms with van der Waals surface area (Å²) in [7, 11) is 0. The van der Waals surface area contributed by atoms with E-state index in [1.54, 1.807) is 37.8 Å². The molecule has 0 radical (unpaired) electrons. The summed E-state index contributed by atoms with van der Waals surface area (Å²) in [5.74, 6) is -1.60. The number of hydrogen-bond donors (Lipinski definition) is 2. The number of piperidine rings is 1. The third-order valence-corrected chi connectivity index (χ3v) is 6.80. The van der Waals surface area contributed by atoms with Crippen molar-refractivity contribution >= 4 is 35.6 Å². The Labute approximate surface area is 231 Å². The largest absolute Gasteiger partial charge is 0.478 e. The number of halogens is 6. The molecule has 1 heterocycles. The van der Waals surface area contributed by atoms with Gasteiger partial charge in [0.15, 0.2) is 0 Å². The summed E-state index contributed by atoms with van der Waals surface area (Å²) in [5, 5.41) is 12.0. The van der Waals surface area contributed by atoms with Gasteiger partial charge in [0.2, 0.25) is 0 Å². The Morgan fingerprint density at radius 2 is 1.62 bits per heavy atom. The Morgan fingerprint density at radius 3 is 2.17 bits per heavy atom. The zero-order valence-corrected chi connectivity index (χ0v) is 22.6. The summed E-state index contributed by atoms with van der Waals surface area (Å²) >= 11 is 0.520. The van der Waals surface area contributed by atoms with Crippen LogP contribution in [0.15, 0.2) is 52.3 Å². The molecule has 2 N–H and O–H groups in total. The van der Waals surface area contributed by atoms with Gasteiger partial charge in [-0.25, -0.2) is 9.59 Å². The van der Waals surface area contributed by atoms with Gasteiger partial charge in [0.1, 0.15) is 5.60 Å². The first kappa shape index (κ1) is 31.2. The van der Waals surface area contributed by atoms with Gasteiger partial charge in [-0.1, -0.05) is 23.9 Å². The molecule has 0 spiro atoms. The van der Waals surface area contributed by atoms with Crippen molar-refractivity contribution in [3.05, 3.63) is 59.2 Å². The molecule has 218 valence electrons. The molecule has 1 aliphatic rings. The fourth-order valence-corrected chi connectivity index (χ4v) is 5.16. The number of carboxylic acid groups (broad SMARTS) is 1. The number of carbonyl (C=O) groups excluding carboxylic acids is 1. The molecule has 1 amide bonds. The van der Waals surface area contributed by atoms with Crippen molar-refractivity contribution in [3.8, 4) is 0 Å². The van der Waals surface area contributed by atoms with E-state index in [0.29, 0.717) is 55.5 Å². The van der Waals surface area contributed by atoms with E-state index in [2.05, 4.69) is 5.32 Å². The van der Waals surface area contributed by atoms with E-state index in [-0.39, 0.29) is 10.9 Å². The summed E-state index contributed by atoms with van der Waals surface area (Å²) in [5.41, 5.74) is -4.79. The van der Waals surface area contributed by atoms with Crippen molar-refractivity contribution in [2.24, 2.45) is 0 Å². The van der Waals surface area contributed by atoms with Crippen molar-refractivity contribution in [2.75, 3.05) is 18.4 Å². The van der Waals surface area contributed by atoms with Gasteiger partial charge in [-0.05, 0) is 69.5 Å². The van der Waals surface area contributed by atoms with Crippen LogP contribution in [0, 0.1) is 0 Å². The van der Waals surface area contributed by atoms with E-state index in [9.17, 15) is 35.9 Å². The molecule has 0 bridgehead atoms. The van der Waals surface area contributed by atoms with E-state index in [1.165, 1.54) is 12.1 Å². The highest BCUT2D eigenvalue weighted by atomic mass is 32.2. The van der Waals surface area contributed by atoms with Gasteiger partial charge in [-0.15, -0.1) is 0 Å². The average Bonchev–Trinajstić information content (AvgIpc) is 2.81. The first-order valence-electron chi connectivity index (χ1n) is 12.2. The number of hydrogen-bond acceptors (Lipinski definition) is 5. The van der Waals surface area contributed by atoms with Crippen LogP contribution in [0.1, 0.15) is 50.3 Å². The predicted octanol–water partition coefficient (Wildman–Crippen LogP) is 7.78. The maximum Gasteiger partial charge on any atom is 0.418 e. The lowest BCUT2D eigenvalue weighted by atomic mass is 9.99. The molecule has 40 heavy (non-hydrogen) atoms. The van der Waals surface area contributed by atoms with Gasteiger partial charge in [0, 0.05) is 40.7 Å². The number of likely N-dealkylation sites (tertiary alicyclic amines) is 1. The molecule has 6 nitrogen and oxygen atoms in total. The third-order valence-electron chi connectivity index (χ3n) is 5.75. The standard InChI is InChI=1S/C27H28F6N2O4S/c1-25(2,3)39-24(38)35-13-11-17(12-14-35)34-18-5-4-6-19(15-18)40-20-9-7-16(8-10-21(36)37)22(26(28,29)30)23(20)27(31,32)33/h4-10,15,17,34H,11-14H2,1-3H3,(H,36,37)/b10-8+. The fourth-order valence-electron chi connectivity index (χ4n) is 4.12. The minimum Gasteiger partial charge on any atom is -0.478 e. The number of alkyl halides is 6. The van der Waals surface area contributed by atoms with Crippen LogP contribution in [0.2, 0.25) is 0 Å². The zero-order valence-electron chi connectivity index (χ0n) is 21.8. The topological polar surface area (TPSA) is 78.9 Å². The van der Waals surface area contributed by atoms with Crippen LogP contribution >= 0.6 is 11.8 Å². The third kappa shape index (κ3) is 8.57. The lowest BCUT2D eigenvalue weighted by molar-refractivity contribution is -0.163. The van der Waals surface area contributed by atoms with E-state index >= 15 is 0 Å². The van der Waals surface area contributed by atoms with Gasteiger partial charge in [0.05, 0.1) is 11.1 Å². The smallest absolute Gasteiger partial charge is 0.418 e. The number of carbonyl (C=O) groups is 2. The van der Waals surface area contributed by atoms with Crippen molar-refractivity contribution in [2.45, 2.75) is 67.4 Å². The van der Waals surface area contributed by atoms with Crippen LogP contribution in [-0.4, -0.2) is 46.8 Å². The second-order valence-corrected chi connectivity index (χ2v) is 11.2. The van der Waals surface area contributed by atoms with E-state index in [1.807, 2.05) is 0 Å². The summed E-state index contributed by atoms with van der Waals surface area (Å²) in [6.07, 6.45) is -9.13. The number of anilines is 1. The summed E-state index contributed by atoms with van der Waals surface area (Å²) in [6.45, 7) is 6.21. The van der Waals surface area contributed by atoms with Crippen LogP contribution in [-0.2, 0) is 21.9 Å². The van der Waals surface area contributed by atoms with E-state index in [4.69, 9.17) is 9.84 Å². The van der Waals surface area contributed by atoms with Crippen molar-refractivity contribution in [3.63, 3.8) is 0 Å². The summed E-state index contributed by atoms with van der Waals surface area (Å²) in [4.78, 5) is 24.2. The molecule has 2 aromatic carbocycles. The number of ether oxygens (including phenoxy) is 1. The van der Waals surface area contributed by atoms with Gasteiger partial charge in [0.25, 0.3) is 0 Å². The molecular formula is C27H28F6N2O4S. The Balaban J connectivity index is 1.82. The highest BCUT2D eigenvalue weighted by Gasteiger charge is 2.46. The van der Waals surface area contributed by atoms with Gasteiger partial charge in [-0.2, -0.15) is 26.3 Å². The van der Waals surface area contributed by atoms with E-state index < -0.39 is 51.6 Å². The Kier molecular flexibility index (Phi) is 9.38. The monoisotopic (exact) mass is 590 g/mol. The second-order valence-electron chi connectivity index (χ2n) is 10.1. The number of benzene rings is 2. The Morgan fingerprint density at radius 1 is 1.00 bits per heavy atom. The maximum atomic E-state index is 14.0. The lowest BCUT2D eigenvalue weighted by Gasteiger charge is -2.34. The van der Waals surface area contributed by atoms with Crippen LogP contribution in [0.4, 0.5) is 36.8 Å². The lowest BCUT2D eigenvalue weighted by Crippen LogP contribution is -2.44. The molecular weight excluding hydrogens is 562 g/mol. The number of amides is 1. The van der Waals surface area contributed by atoms with Crippen molar-refractivity contribution < 1.29 is 45.8 Å². The first-order chi connectivity index (χ1) is 18.4. The molecule has 0 aromatic heterocycles. The number of nitrogens with zero attached hydrogens (tertiary/aromatic N) is 1. The Bertz CT molecular complexity index is 1260. The number of nitrogens with one attached hydrogen (secondary N) is 1. The average molecular weight is 591 g/mol. The van der Waals surface area contributed by atoms with Crippen LogP contribution in [0.25, 0.3) is 6.08 Å². The molecule has 0 atom stereocenters. The maximum absolute atomic E-state index is 14.0. The number of rotatable bonds is 6. The molecule has 1 saturated heterocycles. The van der Waals surface area contributed by atoms with Crippen molar-refractivity contribution in [1.82, 2.24) is 4.90 Å². The molecule has 0 saturated carbocycles. The van der Waals surface area contributed by atoms with Crippen LogP contribution in [0.3, 0.4) is 0 Å². The molecule has 1 aliphatic heterocycles. The Hall–Kier alpha value is -3.35. The molecule has 0 aliphatic carbocycles. The van der Waals surface area contributed by atoms with Crippen LogP contribution in [0.5, 0.6) is 0 Å². The van der Waals surface area contributed by atoms with Crippen molar-refractivity contribution in [1.29, 1.82) is 0 Å². The zero-order chi connectivity index (χ0) is 29.9. The predicted molar refractivity (Wildman–Crippen MR) is 138 cm³/mol. The molecule has 3 rings (SSSR count). The van der Waals surface area contributed by atoms with Gasteiger partial charge >= 0.3 is 24.4 Å². The quantitative estimate of drug-likeness (QED) is 0.264. The van der Waals surface area contributed by atoms with Crippen LogP contribution < -0.4 is 5.32 Å². The number of carboxylic acids is 1. The SMILES string of the molecule is CC(C)(C)OC(=O)N1CCC(Nc2cccc(Sc3ccc(/C=C/C(=O)O)c(C(F)(F)F)c3C(F)(F)F)c2)CC1. The minimum absolute atomic E-state index is 0.0400. The van der Waals surface area contributed by atoms with E-state index in [0.717, 1.165) is 12.1 Å². The summed E-state index contributed by atoms with van der Waals surface area (Å²) in [6, 6.07) is 7.96. The molecule has 2 aromatic rings. The molecule has 0 unspecified atom stereocenters. The highest BCUT2D eigenvalue weighted by Crippen LogP contribution is 2.48. The van der Waals surface area contributed by atoms with Gasteiger partial charge < -0.3 is 20.1 Å².